The smallest absolute Gasteiger partial charge is 0.267 e. The van der Waals surface area contributed by atoms with Crippen LogP contribution in [-0.4, -0.2) is 25.7 Å². The van der Waals surface area contributed by atoms with E-state index in [0.29, 0.717) is 11.5 Å². The highest BCUT2D eigenvalue weighted by molar-refractivity contribution is 7.91. The average molecular weight is 381 g/mol. The summed E-state index contributed by atoms with van der Waals surface area (Å²) in [7, 11) is -3.33. The quantitative estimate of drug-likeness (QED) is 0.802. The average Bonchev–Trinajstić information content (AvgIpc) is 3.42. The molecule has 0 aliphatic heterocycles. The van der Waals surface area contributed by atoms with Gasteiger partial charge in [0, 0.05) is 29.6 Å². The topological polar surface area (TPSA) is 79.0 Å². The molecule has 1 fully saturated rings. The van der Waals surface area contributed by atoms with Crippen LogP contribution in [0, 0.1) is 12.8 Å². The van der Waals surface area contributed by atoms with Gasteiger partial charge >= 0.3 is 0 Å². The van der Waals surface area contributed by atoms with Crippen LogP contribution >= 0.6 is 11.6 Å². The van der Waals surface area contributed by atoms with Crippen molar-refractivity contribution in [3.05, 3.63) is 45.3 Å². The van der Waals surface area contributed by atoms with Gasteiger partial charge in [-0.1, -0.05) is 18.5 Å². The molecule has 0 saturated heterocycles. The van der Waals surface area contributed by atoms with Crippen molar-refractivity contribution in [2.45, 2.75) is 31.6 Å². The van der Waals surface area contributed by atoms with E-state index in [9.17, 15) is 13.2 Å². The van der Waals surface area contributed by atoms with Crippen LogP contribution in [0.15, 0.2) is 34.1 Å². The van der Waals surface area contributed by atoms with Crippen molar-refractivity contribution < 1.29 is 8.42 Å². The monoisotopic (exact) mass is 380 g/mol. The van der Waals surface area contributed by atoms with Crippen molar-refractivity contribution in [1.82, 2.24) is 4.98 Å². The fourth-order valence-electron chi connectivity index (χ4n) is 2.71. The Morgan fingerprint density at radius 1 is 1.28 bits per heavy atom. The molecule has 0 unspecified atom stereocenters. The second kappa shape index (κ2) is 6.84. The fraction of sp³-hybridized carbons (Fsp3) is 0.389. The third kappa shape index (κ3) is 3.75. The van der Waals surface area contributed by atoms with Crippen LogP contribution in [0.3, 0.4) is 0 Å². The van der Waals surface area contributed by atoms with E-state index in [0.717, 1.165) is 23.4 Å². The van der Waals surface area contributed by atoms with Gasteiger partial charge in [-0.3, -0.25) is 4.79 Å². The maximum absolute atomic E-state index is 12.3. The first-order valence-electron chi connectivity index (χ1n) is 8.32. The zero-order valence-electron chi connectivity index (χ0n) is 14.2. The predicted molar refractivity (Wildman–Crippen MR) is 101 cm³/mol. The molecule has 1 saturated carbocycles. The highest BCUT2D eigenvalue weighted by Crippen LogP contribution is 2.35. The van der Waals surface area contributed by atoms with Gasteiger partial charge in [0.1, 0.15) is 5.02 Å². The van der Waals surface area contributed by atoms with Crippen molar-refractivity contribution in [1.29, 1.82) is 0 Å². The minimum Gasteiger partial charge on any atom is -0.384 e. The van der Waals surface area contributed by atoms with Gasteiger partial charge in [-0.2, -0.15) is 0 Å². The number of halogens is 1. The van der Waals surface area contributed by atoms with Gasteiger partial charge in [-0.05, 0) is 49.4 Å². The van der Waals surface area contributed by atoms with E-state index in [1.165, 1.54) is 12.8 Å². The van der Waals surface area contributed by atoms with E-state index in [4.69, 9.17) is 11.6 Å². The third-order valence-electron chi connectivity index (χ3n) is 4.58. The summed E-state index contributed by atoms with van der Waals surface area (Å²) in [6.07, 6.45) is 4.02. The van der Waals surface area contributed by atoms with Crippen molar-refractivity contribution in [3.63, 3.8) is 0 Å². The number of H-pyrrole nitrogens is 1. The van der Waals surface area contributed by atoms with E-state index < -0.39 is 9.84 Å². The SMILES string of the molecule is CCS(=O)(=O)c1ccc(NCC2CC2)c(-c2c[nH]c(=O)c(Cl)c2C)c1. The summed E-state index contributed by atoms with van der Waals surface area (Å²) in [6.45, 7) is 4.23. The van der Waals surface area contributed by atoms with Crippen molar-refractivity contribution in [2.75, 3.05) is 17.6 Å². The van der Waals surface area contributed by atoms with E-state index in [2.05, 4.69) is 10.3 Å². The summed E-state index contributed by atoms with van der Waals surface area (Å²) >= 11 is 6.10. The first-order valence-corrected chi connectivity index (χ1v) is 10.4. The molecule has 0 amide bonds. The molecule has 1 aliphatic rings. The Labute approximate surface area is 152 Å². The number of hydrogen-bond donors (Lipinski definition) is 2. The van der Waals surface area contributed by atoms with Crippen LogP contribution in [0.2, 0.25) is 5.02 Å². The van der Waals surface area contributed by atoms with Crippen molar-refractivity contribution in [3.8, 4) is 11.1 Å². The number of pyridine rings is 1. The number of rotatable bonds is 6. The molecule has 7 heteroatoms. The summed E-state index contributed by atoms with van der Waals surface area (Å²) in [5.74, 6) is 0.708. The molecule has 3 rings (SSSR count). The molecule has 1 aromatic carbocycles. The number of sulfone groups is 1. The molecular formula is C18H21ClN2O3S. The lowest BCUT2D eigenvalue weighted by atomic mass is 10.0. The second-order valence-corrected chi connectivity index (χ2v) is 9.06. The maximum atomic E-state index is 12.3. The Hall–Kier alpha value is -1.79. The van der Waals surface area contributed by atoms with Gasteiger partial charge in [-0.25, -0.2) is 8.42 Å². The Morgan fingerprint density at radius 2 is 2.00 bits per heavy atom. The van der Waals surface area contributed by atoms with Crippen LogP contribution in [0.25, 0.3) is 11.1 Å². The van der Waals surface area contributed by atoms with Crippen LogP contribution < -0.4 is 10.9 Å². The molecule has 1 aromatic heterocycles. The number of aromatic amines is 1. The molecule has 134 valence electrons. The highest BCUT2D eigenvalue weighted by atomic mass is 35.5. The molecule has 0 spiro atoms. The first-order chi connectivity index (χ1) is 11.8. The molecule has 25 heavy (non-hydrogen) atoms. The maximum Gasteiger partial charge on any atom is 0.267 e. The van der Waals surface area contributed by atoms with Gasteiger partial charge < -0.3 is 10.3 Å². The lowest BCUT2D eigenvalue weighted by Gasteiger charge is -2.16. The molecule has 0 radical (unpaired) electrons. The Bertz CT molecular complexity index is 963. The van der Waals surface area contributed by atoms with Crippen molar-refractivity contribution >= 4 is 27.1 Å². The summed E-state index contributed by atoms with van der Waals surface area (Å²) in [4.78, 5) is 14.6. The molecule has 2 aromatic rings. The van der Waals surface area contributed by atoms with Gasteiger partial charge in [0.25, 0.3) is 5.56 Å². The number of nitrogens with one attached hydrogen (secondary N) is 2. The van der Waals surface area contributed by atoms with Gasteiger partial charge in [0.05, 0.1) is 10.6 Å². The summed E-state index contributed by atoms with van der Waals surface area (Å²) in [5.41, 5.74) is 2.56. The predicted octanol–water partition coefficient (Wildman–Crippen LogP) is 3.62. The van der Waals surface area contributed by atoms with Crippen molar-refractivity contribution in [2.24, 2.45) is 5.92 Å². The minimum absolute atomic E-state index is 0.0344. The zero-order valence-corrected chi connectivity index (χ0v) is 15.8. The molecule has 1 aliphatic carbocycles. The molecular weight excluding hydrogens is 360 g/mol. The van der Waals surface area contributed by atoms with E-state index >= 15 is 0 Å². The van der Waals surface area contributed by atoms with Gasteiger partial charge in [-0.15, -0.1) is 0 Å². The zero-order chi connectivity index (χ0) is 18.2. The van der Waals surface area contributed by atoms with Crippen LogP contribution in [0.5, 0.6) is 0 Å². The van der Waals surface area contributed by atoms with E-state index in [1.54, 1.807) is 38.2 Å². The molecule has 2 N–H and O–H groups in total. The summed E-state index contributed by atoms with van der Waals surface area (Å²) < 4.78 is 24.5. The van der Waals surface area contributed by atoms with Gasteiger partial charge in [0.15, 0.2) is 9.84 Å². The first kappa shape index (κ1) is 18.0. The minimum atomic E-state index is -3.33. The number of aromatic nitrogens is 1. The Morgan fingerprint density at radius 3 is 2.64 bits per heavy atom. The lowest BCUT2D eigenvalue weighted by Crippen LogP contribution is -2.10. The van der Waals surface area contributed by atoms with Crippen LogP contribution in [0.4, 0.5) is 5.69 Å². The standard InChI is InChI=1S/C18H21ClN2O3S/c1-3-25(23,24)13-6-7-16(20-9-12-4-5-12)14(8-13)15-10-21-18(22)17(19)11(15)2/h6-8,10,12,20H,3-5,9H2,1-2H3,(H,21,22). The molecule has 1 heterocycles. The van der Waals surface area contributed by atoms with Crippen LogP contribution in [-0.2, 0) is 9.84 Å². The summed E-state index contributed by atoms with van der Waals surface area (Å²) in [5, 5.41) is 3.52. The fourth-order valence-corrected chi connectivity index (χ4v) is 3.78. The largest absolute Gasteiger partial charge is 0.384 e. The Kier molecular flexibility index (Phi) is 4.93. The normalized spacial score (nSPS) is 14.5. The van der Waals surface area contributed by atoms with Crippen LogP contribution in [0.1, 0.15) is 25.3 Å². The molecule has 0 bridgehead atoms. The van der Waals surface area contributed by atoms with Gasteiger partial charge in [0.2, 0.25) is 0 Å². The highest BCUT2D eigenvalue weighted by Gasteiger charge is 2.22. The number of benzene rings is 1. The third-order valence-corrected chi connectivity index (χ3v) is 6.77. The Balaban J connectivity index is 2.14. The molecule has 0 atom stereocenters. The lowest BCUT2D eigenvalue weighted by molar-refractivity contribution is 0.597. The van der Waals surface area contributed by atoms with E-state index in [1.807, 2.05) is 0 Å². The summed E-state index contributed by atoms with van der Waals surface area (Å²) in [6, 6.07) is 5.07. The number of anilines is 1. The van der Waals surface area contributed by atoms with E-state index in [-0.39, 0.29) is 21.2 Å². The second-order valence-electron chi connectivity index (χ2n) is 6.41. The number of hydrogen-bond acceptors (Lipinski definition) is 4. The molecule has 5 nitrogen and oxygen atoms in total.